The van der Waals surface area contributed by atoms with Gasteiger partial charge in [0.2, 0.25) is 5.91 Å². The number of carbonyl (C=O) groups excluding carboxylic acids is 3. The van der Waals surface area contributed by atoms with Gasteiger partial charge in [0.15, 0.2) is 5.78 Å². The Kier molecular flexibility index (Phi) is 5.66. The molecule has 6 heteroatoms. The maximum absolute atomic E-state index is 11.7. The van der Waals surface area contributed by atoms with E-state index in [1.54, 1.807) is 24.3 Å². The molecule has 1 aromatic carbocycles. The summed E-state index contributed by atoms with van der Waals surface area (Å²) in [5.74, 6) is -1.21. The average molecular weight is 284 g/mol. The molecule has 0 aliphatic rings. The first-order valence-corrected chi connectivity index (χ1v) is 6.04. The molecule has 0 atom stereocenters. The molecule has 0 saturated heterocycles. The number of halogens is 1. The molecule has 0 saturated carbocycles. The lowest BCUT2D eigenvalue weighted by molar-refractivity contribution is -0.159. The molecule has 0 aliphatic carbocycles. The Balaban J connectivity index is 2.46. The molecule has 0 spiro atoms. The predicted octanol–water partition coefficient (Wildman–Crippen LogP) is 2.11. The number of benzene rings is 1. The molecule has 19 heavy (non-hydrogen) atoms. The number of hydrogen-bond acceptors (Lipinski definition) is 4. The minimum atomic E-state index is -0.563. The van der Waals surface area contributed by atoms with E-state index in [0.29, 0.717) is 15.6 Å². The second kappa shape index (κ2) is 7.01. The van der Waals surface area contributed by atoms with Crippen molar-refractivity contribution >= 4 is 29.1 Å². The van der Waals surface area contributed by atoms with E-state index in [4.69, 9.17) is 16.8 Å². The maximum Gasteiger partial charge on any atom is 0.246 e. The Labute approximate surface area is 115 Å². The molecule has 0 aliphatic heterocycles. The molecule has 102 valence electrons. The molecule has 0 heterocycles. The number of ketones is 2. The summed E-state index contributed by atoms with van der Waals surface area (Å²) in [6, 6.07) is 6.24. The molecule has 0 aromatic heterocycles. The molecule has 1 rings (SSSR count). The van der Waals surface area contributed by atoms with Crippen molar-refractivity contribution in [2.75, 3.05) is 7.05 Å². The van der Waals surface area contributed by atoms with Crippen LogP contribution in [0, 0.1) is 0 Å². The van der Waals surface area contributed by atoms with Crippen LogP contribution in [0.1, 0.15) is 29.6 Å². The van der Waals surface area contributed by atoms with Crippen molar-refractivity contribution in [1.29, 1.82) is 0 Å². The van der Waals surface area contributed by atoms with Gasteiger partial charge >= 0.3 is 0 Å². The highest BCUT2D eigenvalue weighted by Gasteiger charge is 2.14. The van der Waals surface area contributed by atoms with Crippen molar-refractivity contribution in [1.82, 2.24) is 5.06 Å². The summed E-state index contributed by atoms with van der Waals surface area (Å²) in [7, 11) is 1.19. The van der Waals surface area contributed by atoms with Crippen molar-refractivity contribution in [2.45, 2.75) is 19.3 Å². The lowest BCUT2D eigenvalue weighted by atomic mass is 10.0. The third-order valence-electron chi connectivity index (χ3n) is 2.50. The number of Topliss-reactive ketones (excluding diaryl/α,β-unsaturated/α-hetero) is 2. The van der Waals surface area contributed by atoms with Crippen molar-refractivity contribution < 1.29 is 19.6 Å². The minimum Gasteiger partial charge on any atom is -0.299 e. The Hall–Kier alpha value is -1.72. The number of rotatable bonds is 6. The summed E-state index contributed by atoms with van der Waals surface area (Å²) in [4.78, 5) is 34.3. The summed E-state index contributed by atoms with van der Waals surface area (Å²) in [6.07, 6.45) is -0.438. The van der Waals surface area contributed by atoms with Crippen LogP contribution in [-0.2, 0) is 9.59 Å². The van der Waals surface area contributed by atoms with Gasteiger partial charge in [-0.2, -0.15) is 0 Å². The van der Waals surface area contributed by atoms with Gasteiger partial charge in [-0.3, -0.25) is 19.6 Å². The van der Waals surface area contributed by atoms with Crippen molar-refractivity contribution in [3.63, 3.8) is 0 Å². The van der Waals surface area contributed by atoms with Gasteiger partial charge in [0.25, 0.3) is 0 Å². The lowest BCUT2D eigenvalue weighted by Gasteiger charge is -2.07. The monoisotopic (exact) mass is 283 g/mol. The van der Waals surface area contributed by atoms with Crippen molar-refractivity contribution in [3.05, 3.63) is 34.9 Å². The van der Waals surface area contributed by atoms with Gasteiger partial charge in [-0.1, -0.05) is 11.6 Å². The average Bonchev–Trinajstić information content (AvgIpc) is 2.36. The van der Waals surface area contributed by atoms with Gasteiger partial charge in [-0.15, -0.1) is 0 Å². The normalized spacial score (nSPS) is 10.1. The van der Waals surface area contributed by atoms with Gasteiger partial charge in [-0.05, 0) is 24.3 Å². The number of nitrogens with zero attached hydrogens (tertiary/aromatic N) is 1. The van der Waals surface area contributed by atoms with Crippen LogP contribution in [0.5, 0.6) is 0 Å². The molecule has 0 fully saturated rings. The van der Waals surface area contributed by atoms with E-state index in [1.165, 1.54) is 7.05 Å². The summed E-state index contributed by atoms with van der Waals surface area (Å²) in [5, 5.41) is 9.75. The highest BCUT2D eigenvalue weighted by atomic mass is 35.5. The SMILES string of the molecule is CN(O)C(=O)CCC(=O)CC(=O)c1ccc(Cl)cc1. The maximum atomic E-state index is 11.7. The van der Waals surface area contributed by atoms with Crippen LogP contribution in [0.2, 0.25) is 5.02 Å². The van der Waals surface area contributed by atoms with Gasteiger partial charge in [0.05, 0.1) is 6.42 Å². The van der Waals surface area contributed by atoms with Crippen LogP contribution >= 0.6 is 11.6 Å². The third-order valence-corrected chi connectivity index (χ3v) is 2.75. The van der Waals surface area contributed by atoms with Gasteiger partial charge < -0.3 is 0 Å². The first-order valence-electron chi connectivity index (χ1n) is 5.66. The van der Waals surface area contributed by atoms with Gasteiger partial charge in [0, 0.05) is 30.5 Å². The Morgan fingerprint density at radius 3 is 2.26 bits per heavy atom. The second-order valence-corrected chi connectivity index (χ2v) is 4.50. The summed E-state index contributed by atoms with van der Waals surface area (Å²) in [5.41, 5.74) is 0.406. The fourth-order valence-electron chi connectivity index (χ4n) is 1.41. The standard InChI is InChI=1S/C13H14ClNO4/c1-15(19)13(18)7-6-11(16)8-12(17)9-2-4-10(14)5-3-9/h2-5,19H,6-8H2,1H3. The number of carbonyl (C=O) groups is 3. The van der Waals surface area contributed by atoms with Crippen LogP contribution in [-0.4, -0.2) is 34.8 Å². The van der Waals surface area contributed by atoms with Crippen LogP contribution in [0.3, 0.4) is 0 Å². The summed E-state index contributed by atoms with van der Waals surface area (Å²) in [6.45, 7) is 0. The van der Waals surface area contributed by atoms with E-state index >= 15 is 0 Å². The predicted molar refractivity (Wildman–Crippen MR) is 69.2 cm³/mol. The fourth-order valence-corrected chi connectivity index (χ4v) is 1.54. The van der Waals surface area contributed by atoms with E-state index in [0.717, 1.165) is 0 Å². The summed E-state index contributed by atoms with van der Waals surface area (Å²) < 4.78 is 0. The lowest BCUT2D eigenvalue weighted by Crippen LogP contribution is -2.23. The first-order chi connectivity index (χ1) is 8.90. The quantitative estimate of drug-likeness (QED) is 0.375. The van der Waals surface area contributed by atoms with E-state index < -0.39 is 5.91 Å². The van der Waals surface area contributed by atoms with Crippen LogP contribution < -0.4 is 0 Å². The molecular formula is C13H14ClNO4. The zero-order valence-corrected chi connectivity index (χ0v) is 11.2. The molecule has 1 amide bonds. The molecular weight excluding hydrogens is 270 g/mol. The Morgan fingerprint density at radius 2 is 1.74 bits per heavy atom. The van der Waals surface area contributed by atoms with Crippen molar-refractivity contribution in [3.8, 4) is 0 Å². The highest BCUT2D eigenvalue weighted by Crippen LogP contribution is 2.12. The molecule has 1 N–H and O–H groups in total. The number of hydrogen-bond donors (Lipinski definition) is 1. The van der Waals surface area contributed by atoms with Crippen molar-refractivity contribution in [2.24, 2.45) is 0 Å². The number of amides is 1. The van der Waals surface area contributed by atoms with E-state index in [1.807, 2.05) is 0 Å². The Morgan fingerprint density at radius 1 is 1.16 bits per heavy atom. The van der Waals surface area contributed by atoms with Gasteiger partial charge in [-0.25, -0.2) is 5.06 Å². The molecule has 5 nitrogen and oxygen atoms in total. The highest BCUT2D eigenvalue weighted by molar-refractivity contribution is 6.30. The van der Waals surface area contributed by atoms with Crippen LogP contribution in [0.25, 0.3) is 0 Å². The van der Waals surface area contributed by atoms with Crippen LogP contribution in [0.4, 0.5) is 0 Å². The molecule has 0 unspecified atom stereocenters. The molecule has 0 bridgehead atoms. The zero-order chi connectivity index (χ0) is 14.4. The van der Waals surface area contributed by atoms with Crippen LogP contribution in [0.15, 0.2) is 24.3 Å². The third kappa shape index (κ3) is 5.19. The first kappa shape index (κ1) is 15.3. The smallest absolute Gasteiger partial charge is 0.246 e. The largest absolute Gasteiger partial charge is 0.299 e. The summed E-state index contributed by atoms with van der Waals surface area (Å²) >= 11 is 5.69. The topological polar surface area (TPSA) is 74.7 Å². The Bertz CT molecular complexity index is 482. The van der Waals surface area contributed by atoms with E-state index in [9.17, 15) is 14.4 Å². The fraction of sp³-hybridized carbons (Fsp3) is 0.308. The zero-order valence-electron chi connectivity index (χ0n) is 10.4. The second-order valence-electron chi connectivity index (χ2n) is 4.06. The van der Waals surface area contributed by atoms with Gasteiger partial charge in [0.1, 0.15) is 5.78 Å². The number of hydroxylamine groups is 2. The van der Waals surface area contributed by atoms with E-state index in [-0.39, 0.29) is 30.8 Å². The van der Waals surface area contributed by atoms with E-state index in [2.05, 4.69) is 0 Å². The minimum absolute atomic E-state index is 0.0664. The molecule has 0 radical (unpaired) electrons. The molecule has 1 aromatic rings.